The topological polar surface area (TPSA) is 167 Å². The second-order valence-corrected chi connectivity index (χ2v) is 10.3. The fraction of sp³-hybridized carbons (Fsp3) is 0.435. The molecular formula is C23H29NO9S. The summed E-state index contributed by atoms with van der Waals surface area (Å²) in [7, 11) is -3.48. The number of hydrogen-bond donors (Lipinski definition) is 5. The number of aliphatic hydroxyl groups is 3. The minimum atomic E-state index is -3.48. The number of phenolic OH excluding ortho intramolecular Hbond substituents is 1. The maximum absolute atomic E-state index is 13.0. The summed E-state index contributed by atoms with van der Waals surface area (Å²) in [4.78, 5) is 13.0. The zero-order valence-corrected chi connectivity index (χ0v) is 19.8. The van der Waals surface area contributed by atoms with Gasteiger partial charge in [0.15, 0.2) is 0 Å². The molecule has 5 N–H and O–H groups in total. The first-order valence-electron chi connectivity index (χ1n) is 10.7. The maximum atomic E-state index is 13.0. The van der Waals surface area contributed by atoms with Gasteiger partial charge in [-0.05, 0) is 19.4 Å². The molecular weight excluding hydrogens is 466 g/mol. The van der Waals surface area contributed by atoms with Crippen LogP contribution >= 0.6 is 0 Å². The number of furan rings is 1. The first-order valence-corrected chi connectivity index (χ1v) is 12.6. The first kappa shape index (κ1) is 25.9. The highest BCUT2D eigenvalue weighted by Crippen LogP contribution is 2.35. The molecule has 3 rings (SSSR count). The second-order valence-electron chi connectivity index (χ2n) is 8.44. The molecule has 1 aromatic heterocycles. The zero-order valence-electron chi connectivity index (χ0n) is 19.0. The SMILES string of the molecule is C[C@@H]1C=CC(O)[C@@H](O)[C@@H](O)CC=Cc2c(c(O)cc3oc(CNS(C)(=O)=O)cc23)C(=O)O[C@H]1C. The molecule has 1 unspecified atom stereocenters. The second kappa shape index (κ2) is 10.3. The fourth-order valence-corrected chi connectivity index (χ4v) is 3.91. The Kier molecular flexibility index (Phi) is 7.84. The van der Waals surface area contributed by atoms with E-state index in [0.29, 0.717) is 5.39 Å². The van der Waals surface area contributed by atoms with Crippen molar-refractivity contribution in [2.75, 3.05) is 6.26 Å². The predicted octanol–water partition coefficient (Wildman–Crippen LogP) is 1.42. The number of benzene rings is 1. The minimum absolute atomic E-state index is 0.0655. The highest BCUT2D eigenvalue weighted by molar-refractivity contribution is 7.88. The standard InChI is InChI=1S/C23H29NO9S/c1-12-7-8-18(26)22(28)17(25)6-4-5-15-16-9-14(11-24-34(3,30)31)33-20(16)10-19(27)21(15)23(29)32-13(12)2/h4-5,7-10,12-13,17-18,22,24-28H,6,11H2,1-3H3/t12-,13+,17+,18?,22+/m1/s1. The number of nitrogens with one attached hydrogen (secondary N) is 1. The molecule has 0 spiro atoms. The first-order chi connectivity index (χ1) is 15.9. The van der Waals surface area contributed by atoms with E-state index in [4.69, 9.17) is 9.15 Å². The van der Waals surface area contributed by atoms with Crippen molar-refractivity contribution in [3.05, 3.63) is 47.2 Å². The number of cyclic esters (lactones) is 1. The van der Waals surface area contributed by atoms with Crippen LogP contribution in [-0.2, 0) is 21.3 Å². The number of carbonyl (C=O) groups is 1. The summed E-state index contributed by atoms with van der Waals surface area (Å²) in [6.07, 6.45) is 2.09. The Morgan fingerprint density at radius 1 is 1.15 bits per heavy atom. The minimum Gasteiger partial charge on any atom is -0.507 e. The van der Waals surface area contributed by atoms with Gasteiger partial charge in [-0.2, -0.15) is 0 Å². The molecule has 0 bridgehead atoms. The van der Waals surface area contributed by atoms with Crippen LogP contribution in [0.4, 0.5) is 0 Å². The van der Waals surface area contributed by atoms with Crippen LogP contribution in [0.1, 0.15) is 41.9 Å². The molecule has 2 aromatic rings. The molecule has 2 heterocycles. The quantitative estimate of drug-likeness (QED) is 0.313. The predicted molar refractivity (Wildman–Crippen MR) is 124 cm³/mol. The van der Waals surface area contributed by atoms with E-state index in [2.05, 4.69) is 4.72 Å². The van der Waals surface area contributed by atoms with Gasteiger partial charge in [-0.3, -0.25) is 0 Å². The van der Waals surface area contributed by atoms with Gasteiger partial charge in [0.25, 0.3) is 0 Å². The number of aliphatic hydroxyl groups excluding tert-OH is 3. The van der Waals surface area contributed by atoms with Crippen LogP contribution in [0.25, 0.3) is 17.0 Å². The van der Waals surface area contributed by atoms with Crippen molar-refractivity contribution in [2.45, 2.75) is 51.2 Å². The number of aromatic hydroxyl groups is 1. The van der Waals surface area contributed by atoms with Gasteiger partial charge >= 0.3 is 5.97 Å². The average Bonchev–Trinajstić information content (AvgIpc) is 3.16. The summed E-state index contributed by atoms with van der Waals surface area (Å²) in [6, 6.07) is 2.79. The Morgan fingerprint density at radius 2 is 1.85 bits per heavy atom. The van der Waals surface area contributed by atoms with Crippen LogP contribution in [0.2, 0.25) is 0 Å². The van der Waals surface area contributed by atoms with Crippen LogP contribution < -0.4 is 4.72 Å². The van der Waals surface area contributed by atoms with Gasteiger partial charge in [-0.1, -0.05) is 31.2 Å². The Hall–Kier alpha value is -2.70. The number of esters is 1. The number of fused-ring (bicyclic) bond motifs is 3. The Morgan fingerprint density at radius 3 is 2.53 bits per heavy atom. The lowest BCUT2D eigenvalue weighted by atomic mass is 9.97. The summed E-state index contributed by atoms with van der Waals surface area (Å²) in [6.45, 7) is 3.26. The smallest absolute Gasteiger partial charge is 0.342 e. The number of hydrogen-bond acceptors (Lipinski definition) is 9. The molecule has 0 amide bonds. The van der Waals surface area contributed by atoms with Crippen molar-refractivity contribution in [3.63, 3.8) is 0 Å². The molecule has 34 heavy (non-hydrogen) atoms. The van der Waals surface area contributed by atoms with E-state index >= 15 is 0 Å². The fourth-order valence-electron chi connectivity index (χ4n) is 3.51. The molecule has 10 nitrogen and oxygen atoms in total. The Labute approximate surface area is 197 Å². The van der Waals surface area contributed by atoms with Crippen molar-refractivity contribution in [2.24, 2.45) is 5.92 Å². The third kappa shape index (κ3) is 6.05. The molecule has 1 aliphatic heterocycles. The molecule has 0 saturated carbocycles. The molecule has 186 valence electrons. The summed E-state index contributed by atoms with van der Waals surface area (Å²) < 4.78 is 36.3. The lowest BCUT2D eigenvalue weighted by Crippen LogP contribution is -2.36. The van der Waals surface area contributed by atoms with E-state index in [1.807, 2.05) is 0 Å². The molecule has 0 saturated heterocycles. The van der Waals surface area contributed by atoms with Gasteiger partial charge in [0.05, 0.1) is 18.9 Å². The van der Waals surface area contributed by atoms with E-state index in [0.717, 1.165) is 6.26 Å². The molecule has 0 fully saturated rings. The third-order valence-corrected chi connectivity index (χ3v) is 6.33. The lowest BCUT2D eigenvalue weighted by Gasteiger charge is -2.22. The van der Waals surface area contributed by atoms with Gasteiger partial charge in [0, 0.05) is 22.9 Å². The summed E-state index contributed by atoms with van der Waals surface area (Å²) in [5, 5.41) is 41.7. The van der Waals surface area contributed by atoms with E-state index in [-0.39, 0.29) is 41.4 Å². The number of ether oxygens (including phenoxy) is 1. The largest absolute Gasteiger partial charge is 0.507 e. The van der Waals surface area contributed by atoms with Crippen molar-refractivity contribution in [1.29, 1.82) is 0 Å². The summed E-state index contributed by atoms with van der Waals surface area (Å²) in [5.41, 5.74) is 0.326. The van der Waals surface area contributed by atoms with Crippen molar-refractivity contribution < 1.29 is 42.8 Å². The van der Waals surface area contributed by atoms with Crippen LogP contribution in [-0.4, -0.2) is 65.5 Å². The van der Waals surface area contributed by atoms with Gasteiger partial charge in [-0.25, -0.2) is 17.9 Å². The maximum Gasteiger partial charge on any atom is 0.342 e. The monoisotopic (exact) mass is 495 g/mol. The number of sulfonamides is 1. The van der Waals surface area contributed by atoms with Crippen molar-refractivity contribution in [3.8, 4) is 5.75 Å². The molecule has 1 aliphatic rings. The van der Waals surface area contributed by atoms with E-state index < -0.39 is 46.2 Å². The molecule has 1 aromatic carbocycles. The molecule has 5 atom stereocenters. The van der Waals surface area contributed by atoms with Gasteiger partial charge in [0.1, 0.15) is 41.0 Å². The van der Waals surface area contributed by atoms with Crippen LogP contribution in [0.3, 0.4) is 0 Å². The van der Waals surface area contributed by atoms with Crippen LogP contribution in [0.15, 0.2) is 34.8 Å². The Bertz CT molecular complexity index is 1210. The highest BCUT2D eigenvalue weighted by atomic mass is 32.2. The Balaban J connectivity index is 2.11. The van der Waals surface area contributed by atoms with Crippen LogP contribution in [0, 0.1) is 5.92 Å². The highest BCUT2D eigenvalue weighted by Gasteiger charge is 2.27. The summed E-state index contributed by atoms with van der Waals surface area (Å²) >= 11 is 0. The van der Waals surface area contributed by atoms with E-state index in [1.165, 1.54) is 30.4 Å². The van der Waals surface area contributed by atoms with E-state index in [1.54, 1.807) is 19.9 Å². The van der Waals surface area contributed by atoms with Crippen molar-refractivity contribution in [1.82, 2.24) is 4.72 Å². The number of phenols is 1. The molecule has 0 aliphatic carbocycles. The molecule has 0 radical (unpaired) electrons. The lowest BCUT2D eigenvalue weighted by molar-refractivity contribution is -0.0395. The number of rotatable bonds is 3. The van der Waals surface area contributed by atoms with E-state index in [9.17, 15) is 33.6 Å². The van der Waals surface area contributed by atoms with Crippen LogP contribution in [0.5, 0.6) is 5.75 Å². The average molecular weight is 496 g/mol. The number of carbonyl (C=O) groups excluding carboxylic acids is 1. The zero-order chi connectivity index (χ0) is 25.2. The normalized spacial score (nSPS) is 26.8. The van der Waals surface area contributed by atoms with Gasteiger partial charge < -0.3 is 29.6 Å². The van der Waals surface area contributed by atoms with Gasteiger partial charge in [-0.15, -0.1) is 0 Å². The van der Waals surface area contributed by atoms with Crippen molar-refractivity contribution >= 4 is 33.0 Å². The molecule has 11 heteroatoms. The summed E-state index contributed by atoms with van der Waals surface area (Å²) in [5.74, 6) is -1.28. The van der Waals surface area contributed by atoms with Gasteiger partial charge in [0.2, 0.25) is 10.0 Å². The third-order valence-electron chi connectivity index (χ3n) is 5.66.